The molecule has 4 nitrogen and oxygen atoms in total. The Morgan fingerprint density at radius 3 is 2.96 bits per heavy atom. The fourth-order valence-corrected chi connectivity index (χ4v) is 5.15. The largest absolute Gasteiger partial charge is 0.389 e. The van der Waals surface area contributed by atoms with Crippen molar-refractivity contribution in [3.05, 3.63) is 35.7 Å². The van der Waals surface area contributed by atoms with Crippen LogP contribution >= 0.6 is 0 Å². The van der Waals surface area contributed by atoms with Crippen LogP contribution in [0.5, 0.6) is 0 Å². The van der Waals surface area contributed by atoms with Gasteiger partial charge in [-0.05, 0) is 54.7 Å². The van der Waals surface area contributed by atoms with Crippen molar-refractivity contribution in [2.75, 3.05) is 26.3 Å². The molecule has 0 spiro atoms. The molecule has 5 rings (SSSR count). The Morgan fingerprint density at radius 1 is 1.36 bits per heavy atom. The van der Waals surface area contributed by atoms with E-state index < -0.39 is 6.10 Å². The van der Waals surface area contributed by atoms with Crippen LogP contribution in [-0.4, -0.2) is 47.0 Å². The second kappa shape index (κ2) is 6.57. The molecule has 0 saturated heterocycles. The standard InChI is InChI=1S/C21H32N2O2/c1-15-20-5-4-8-22(20)9-10-23(15)12-18(24)14-25-13-16-6-7-17-11-19(16)21(17,2)3/h4-6,8,15,17-19,24H,7,9-14H2,1-3H3/t15-,17+,18-,19-/m0/s1. The highest BCUT2D eigenvalue weighted by Gasteiger charge is 2.50. The lowest BCUT2D eigenvalue weighted by Crippen LogP contribution is -2.48. The molecule has 0 amide bonds. The van der Waals surface area contributed by atoms with Gasteiger partial charge in [0.1, 0.15) is 0 Å². The Labute approximate surface area is 151 Å². The molecule has 4 atom stereocenters. The van der Waals surface area contributed by atoms with Crippen LogP contribution in [-0.2, 0) is 11.3 Å². The number of aromatic nitrogens is 1. The summed E-state index contributed by atoms with van der Waals surface area (Å²) >= 11 is 0. The number of β-amino-alcohol motifs (C(OH)–C–C–N with tert-alkyl or cyclic N) is 1. The van der Waals surface area contributed by atoms with E-state index in [1.807, 2.05) is 0 Å². The van der Waals surface area contributed by atoms with Crippen LogP contribution in [0.4, 0.5) is 0 Å². The van der Waals surface area contributed by atoms with Crippen molar-refractivity contribution < 1.29 is 9.84 Å². The monoisotopic (exact) mass is 344 g/mol. The van der Waals surface area contributed by atoms with Gasteiger partial charge in [-0.3, -0.25) is 4.90 Å². The molecule has 1 aromatic heterocycles. The molecule has 0 unspecified atom stereocenters. The van der Waals surface area contributed by atoms with E-state index in [0.717, 1.165) is 19.0 Å². The Morgan fingerprint density at radius 2 is 2.20 bits per heavy atom. The molecular weight excluding hydrogens is 312 g/mol. The van der Waals surface area contributed by atoms with Gasteiger partial charge >= 0.3 is 0 Å². The zero-order valence-electron chi connectivity index (χ0n) is 15.8. The molecule has 1 aliphatic heterocycles. The van der Waals surface area contributed by atoms with E-state index in [-0.39, 0.29) is 0 Å². The van der Waals surface area contributed by atoms with Crippen molar-refractivity contribution in [3.8, 4) is 0 Å². The van der Waals surface area contributed by atoms with Crippen molar-refractivity contribution in [2.45, 2.75) is 52.3 Å². The van der Waals surface area contributed by atoms with E-state index in [1.54, 1.807) is 0 Å². The number of hydrogen-bond donors (Lipinski definition) is 1. The first-order valence-corrected chi connectivity index (χ1v) is 9.80. The maximum atomic E-state index is 10.4. The number of fused-ring (bicyclic) bond motifs is 2. The van der Waals surface area contributed by atoms with E-state index in [1.165, 1.54) is 24.1 Å². The Kier molecular flexibility index (Phi) is 4.55. The van der Waals surface area contributed by atoms with Gasteiger partial charge in [-0.2, -0.15) is 0 Å². The van der Waals surface area contributed by atoms with Gasteiger partial charge < -0.3 is 14.4 Å². The SMILES string of the molecule is C[C@H]1c2cccn2CCN1C[C@H](O)COCC1=CC[C@@H]2C[C@@H]1C2(C)C. The molecule has 1 aromatic rings. The molecule has 25 heavy (non-hydrogen) atoms. The maximum absolute atomic E-state index is 10.4. The normalized spacial score (nSPS) is 31.8. The number of hydrogen-bond acceptors (Lipinski definition) is 3. The van der Waals surface area contributed by atoms with Crippen LogP contribution in [0.1, 0.15) is 45.3 Å². The van der Waals surface area contributed by atoms with Gasteiger partial charge in [0.05, 0.1) is 19.3 Å². The number of rotatable bonds is 6. The van der Waals surface area contributed by atoms with E-state index in [9.17, 15) is 5.11 Å². The summed E-state index contributed by atoms with van der Waals surface area (Å²) in [5.74, 6) is 1.56. The summed E-state index contributed by atoms with van der Waals surface area (Å²) < 4.78 is 8.22. The minimum Gasteiger partial charge on any atom is -0.389 e. The first-order chi connectivity index (χ1) is 12.0. The Balaban J connectivity index is 1.24. The average Bonchev–Trinajstić information content (AvgIpc) is 3.07. The van der Waals surface area contributed by atoms with E-state index >= 15 is 0 Å². The van der Waals surface area contributed by atoms with Crippen LogP contribution in [0.2, 0.25) is 0 Å². The maximum Gasteiger partial charge on any atom is 0.0900 e. The lowest BCUT2D eigenvalue weighted by Gasteiger charge is -2.56. The van der Waals surface area contributed by atoms with Crippen molar-refractivity contribution in [1.29, 1.82) is 0 Å². The molecule has 0 aromatic carbocycles. The van der Waals surface area contributed by atoms with Gasteiger partial charge in [0.15, 0.2) is 0 Å². The molecule has 138 valence electrons. The molecule has 4 aliphatic rings. The van der Waals surface area contributed by atoms with Crippen molar-refractivity contribution in [3.63, 3.8) is 0 Å². The van der Waals surface area contributed by atoms with Gasteiger partial charge in [0.2, 0.25) is 0 Å². The van der Waals surface area contributed by atoms with Crippen molar-refractivity contribution >= 4 is 0 Å². The van der Waals surface area contributed by atoms with Gasteiger partial charge in [-0.1, -0.05) is 19.9 Å². The molecule has 1 fully saturated rings. The van der Waals surface area contributed by atoms with Crippen LogP contribution < -0.4 is 0 Å². The molecule has 0 radical (unpaired) electrons. The second-order valence-electron chi connectivity index (χ2n) is 8.79. The zero-order valence-corrected chi connectivity index (χ0v) is 15.8. The molecule has 3 aliphatic carbocycles. The van der Waals surface area contributed by atoms with Crippen molar-refractivity contribution in [2.24, 2.45) is 17.3 Å². The predicted molar refractivity (Wildman–Crippen MR) is 99.3 cm³/mol. The summed E-state index contributed by atoms with van der Waals surface area (Å²) in [6.07, 6.45) is 6.64. The summed E-state index contributed by atoms with van der Waals surface area (Å²) in [6, 6.07) is 4.65. The minimum absolute atomic E-state index is 0.354. The molecule has 2 bridgehead atoms. The highest BCUT2D eigenvalue weighted by atomic mass is 16.5. The van der Waals surface area contributed by atoms with Crippen LogP contribution in [0.25, 0.3) is 0 Å². The molecule has 2 heterocycles. The third-order valence-electron chi connectivity index (χ3n) is 7.08. The third-order valence-corrected chi connectivity index (χ3v) is 7.08. The third kappa shape index (κ3) is 3.09. The number of nitrogens with zero attached hydrogens (tertiary/aromatic N) is 2. The number of aliphatic hydroxyl groups is 1. The first kappa shape index (κ1) is 17.3. The quantitative estimate of drug-likeness (QED) is 0.805. The predicted octanol–water partition coefficient (Wildman–Crippen LogP) is 3.23. The first-order valence-electron chi connectivity index (χ1n) is 9.80. The van der Waals surface area contributed by atoms with Crippen molar-refractivity contribution in [1.82, 2.24) is 9.47 Å². The smallest absolute Gasteiger partial charge is 0.0900 e. The molecule has 4 heteroatoms. The van der Waals surface area contributed by atoms with Crippen LogP contribution in [0, 0.1) is 17.3 Å². The molecule has 1 N–H and O–H groups in total. The fraction of sp³-hybridized carbons (Fsp3) is 0.714. The van der Waals surface area contributed by atoms with Gasteiger partial charge in [0, 0.05) is 37.6 Å². The van der Waals surface area contributed by atoms with Gasteiger partial charge in [-0.25, -0.2) is 0 Å². The lowest BCUT2D eigenvalue weighted by atomic mass is 9.49. The number of allylic oxidation sites excluding steroid dienone is 1. The molecular formula is C21H32N2O2. The van der Waals surface area contributed by atoms with Crippen LogP contribution in [0.15, 0.2) is 30.0 Å². The minimum atomic E-state index is -0.421. The van der Waals surface area contributed by atoms with E-state index in [0.29, 0.717) is 37.1 Å². The lowest BCUT2D eigenvalue weighted by molar-refractivity contribution is -0.0281. The van der Waals surface area contributed by atoms with E-state index in [4.69, 9.17) is 4.74 Å². The molecule has 1 saturated carbocycles. The highest BCUT2D eigenvalue weighted by Crippen LogP contribution is 2.59. The Hall–Kier alpha value is -1.10. The van der Waals surface area contributed by atoms with E-state index in [2.05, 4.69) is 54.6 Å². The topological polar surface area (TPSA) is 37.6 Å². The van der Waals surface area contributed by atoms with Gasteiger partial charge in [-0.15, -0.1) is 0 Å². The van der Waals surface area contributed by atoms with Gasteiger partial charge in [0.25, 0.3) is 0 Å². The fourth-order valence-electron chi connectivity index (χ4n) is 5.15. The second-order valence-corrected chi connectivity index (χ2v) is 8.79. The Bertz CT molecular complexity index is 648. The number of aliphatic hydroxyl groups excluding tert-OH is 1. The summed E-state index contributed by atoms with van der Waals surface area (Å²) in [5.41, 5.74) is 3.25. The summed E-state index contributed by atoms with van der Waals surface area (Å²) in [6.45, 7) is 10.8. The van der Waals surface area contributed by atoms with Crippen LogP contribution in [0.3, 0.4) is 0 Å². The number of ether oxygens (including phenoxy) is 1. The highest BCUT2D eigenvalue weighted by molar-refractivity contribution is 5.23. The summed E-state index contributed by atoms with van der Waals surface area (Å²) in [5, 5.41) is 10.4. The summed E-state index contributed by atoms with van der Waals surface area (Å²) in [7, 11) is 0. The zero-order chi connectivity index (χ0) is 17.6. The average molecular weight is 344 g/mol. The summed E-state index contributed by atoms with van der Waals surface area (Å²) in [4.78, 5) is 2.36.